The van der Waals surface area contributed by atoms with Gasteiger partial charge in [-0.3, -0.25) is 14.5 Å². The van der Waals surface area contributed by atoms with Crippen molar-refractivity contribution in [1.82, 2.24) is 19.1 Å². The molecular weight excluding hydrogens is 697 g/mol. The number of aliphatic hydroxyl groups is 1. The number of halogens is 1. The van der Waals surface area contributed by atoms with Crippen LogP contribution in [-0.2, 0) is 32.7 Å². The van der Waals surface area contributed by atoms with Gasteiger partial charge in [0.25, 0.3) is 5.82 Å². The minimum absolute atomic E-state index is 0. The smallest absolute Gasteiger partial charge is 0.410 e. The fraction of sp³-hybridized carbons (Fsp3) is 0.519. The number of carbonyl (C=O) groups is 4. The molecule has 42 heavy (non-hydrogen) atoms. The van der Waals surface area contributed by atoms with E-state index in [2.05, 4.69) is 6.58 Å². The number of amides is 3. The molecule has 5 heterocycles. The number of β-lactam (4-membered cyclic amide) rings is 1. The van der Waals surface area contributed by atoms with Crippen LogP contribution in [0.25, 0.3) is 4.83 Å². The van der Waals surface area contributed by atoms with Gasteiger partial charge in [0.2, 0.25) is 16.6 Å². The minimum atomic E-state index is -1.22. The molecule has 6 atom stereocenters. The van der Waals surface area contributed by atoms with E-state index in [1.54, 1.807) is 23.3 Å². The first-order valence-electron chi connectivity index (χ1n) is 13.3. The average molecular weight is 732 g/mol. The molecule has 2 N–H and O–H groups in total. The van der Waals surface area contributed by atoms with Crippen LogP contribution in [0.5, 0.6) is 0 Å². The van der Waals surface area contributed by atoms with Crippen molar-refractivity contribution in [2.45, 2.75) is 50.3 Å². The number of aliphatic carboxylic acids is 1. The van der Waals surface area contributed by atoms with Crippen LogP contribution in [0, 0.1) is 11.8 Å². The Morgan fingerprint density at radius 3 is 2.74 bits per heavy atom. The van der Waals surface area contributed by atoms with Crippen molar-refractivity contribution in [2.24, 2.45) is 18.9 Å². The molecule has 2 saturated heterocycles. The molecule has 15 heteroatoms. The van der Waals surface area contributed by atoms with Gasteiger partial charge in [-0.2, -0.15) is 4.40 Å². The van der Waals surface area contributed by atoms with E-state index in [9.17, 15) is 29.4 Å². The highest BCUT2D eigenvalue weighted by molar-refractivity contribution is 8.03. The maximum atomic E-state index is 13.8. The molecule has 0 radical (unpaired) electrons. The Bertz CT molecular complexity index is 1460. The number of aliphatic hydroxyl groups excluding tert-OH is 1. The van der Waals surface area contributed by atoms with E-state index in [0.717, 1.165) is 10.7 Å². The van der Waals surface area contributed by atoms with Gasteiger partial charge in [-0.05, 0) is 13.3 Å². The highest BCUT2D eigenvalue weighted by atomic mass is 127. The van der Waals surface area contributed by atoms with Crippen LogP contribution in [0.15, 0.2) is 41.0 Å². The topological polar surface area (TPSA) is 136 Å². The first-order chi connectivity index (χ1) is 19.5. The lowest BCUT2D eigenvalue weighted by Crippen LogP contribution is -3.00. The summed E-state index contributed by atoms with van der Waals surface area (Å²) in [7, 11) is 3.61. The molecule has 228 valence electrons. The van der Waals surface area contributed by atoms with Crippen LogP contribution >= 0.6 is 23.1 Å². The number of imidazole rings is 1. The molecule has 2 aromatic rings. The molecule has 0 saturated carbocycles. The number of thiazole rings is 1. The van der Waals surface area contributed by atoms with Crippen LogP contribution in [-0.4, -0.2) is 96.8 Å². The largest absolute Gasteiger partial charge is 1.00 e. The van der Waals surface area contributed by atoms with Crippen LogP contribution in [0.3, 0.4) is 0 Å². The summed E-state index contributed by atoms with van der Waals surface area (Å²) < 4.78 is 9.28. The molecule has 2 aromatic heterocycles. The zero-order valence-corrected chi connectivity index (χ0v) is 27.5. The SMILES string of the molecule is C=CCOC(=O)N1C[C@@H](SC2=C(C(=O)O)N3C(=O)[C@H]([C@@H](C)O)[C@H]3[C@H]2C)C[C@H]1C(=O)N(C)Cc1n2ccsc2c[n+]1C.[I-]. The Hall–Kier alpha value is -2.63. The summed E-state index contributed by atoms with van der Waals surface area (Å²) >= 11 is 2.88. The van der Waals surface area contributed by atoms with Gasteiger partial charge in [0, 0.05) is 35.0 Å². The van der Waals surface area contributed by atoms with Crippen molar-refractivity contribution in [3.05, 3.63) is 46.9 Å². The van der Waals surface area contributed by atoms with Gasteiger partial charge in [-0.25, -0.2) is 14.2 Å². The fourth-order valence-corrected chi connectivity index (χ4v) is 8.47. The summed E-state index contributed by atoms with van der Waals surface area (Å²) in [5, 5.41) is 21.8. The predicted molar refractivity (Wildman–Crippen MR) is 151 cm³/mol. The summed E-state index contributed by atoms with van der Waals surface area (Å²) in [4.78, 5) is 57.6. The molecule has 2 fully saturated rings. The van der Waals surface area contributed by atoms with Crippen molar-refractivity contribution in [2.75, 3.05) is 20.2 Å². The number of fused-ring (bicyclic) bond motifs is 2. The second-order valence-electron chi connectivity index (χ2n) is 10.7. The zero-order chi connectivity index (χ0) is 29.7. The number of aromatic nitrogens is 2. The molecule has 0 aliphatic carbocycles. The number of thioether (sulfide) groups is 1. The maximum Gasteiger partial charge on any atom is 0.410 e. The number of carboxylic acid groups (broad SMARTS) is 1. The van der Waals surface area contributed by atoms with Crippen molar-refractivity contribution < 1.29 is 62.7 Å². The van der Waals surface area contributed by atoms with E-state index in [0.29, 0.717) is 11.4 Å². The number of aryl methyl sites for hydroxylation is 1. The Labute approximate surface area is 268 Å². The number of ether oxygens (including phenoxy) is 1. The van der Waals surface area contributed by atoms with Crippen LogP contribution < -0.4 is 28.5 Å². The lowest BCUT2D eigenvalue weighted by Gasteiger charge is -2.46. The number of nitrogens with zero attached hydrogens (tertiary/aromatic N) is 5. The first kappa shape index (κ1) is 32.3. The van der Waals surface area contributed by atoms with Gasteiger partial charge in [-0.1, -0.05) is 30.9 Å². The van der Waals surface area contributed by atoms with E-state index in [1.807, 2.05) is 40.7 Å². The number of rotatable bonds is 9. The highest BCUT2D eigenvalue weighted by Gasteiger charge is 2.60. The summed E-state index contributed by atoms with van der Waals surface area (Å²) in [6, 6.07) is -1.25. The van der Waals surface area contributed by atoms with Crippen molar-refractivity contribution >= 4 is 51.8 Å². The molecule has 3 amide bonds. The maximum absolute atomic E-state index is 13.8. The number of carboxylic acids is 1. The van der Waals surface area contributed by atoms with E-state index in [1.165, 1.54) is 34.6 Å². The summed E-state index contributed by atoms with van der Waals surface area (Å²) in [6.07, 6.45) is 4.13. The monoisotopic (exact) mass is 731 g/mol. The molecule has 0 spiro atoms. The van der Waals surface area contributed by atoms with E-state index >= 15 is 0 Å². The van der Waals surface area contributed by atoms with E-state index < -0.39 is 42.1 Å². The zero-order valence-electron chi connectivity index (χ0n) is 23.7. The van der Waals surface area contributed by atoms with Crippen LogP contribution in [0.1, 0.15) is 26.1 Å². The van der Waals surface area contributed by atoms with Gasteiger partial charge in [-0.15, -0.1) is 11.8 Å². The Balaban J connectivity index is 0.00000405. The third kappa shape index (κ3) is 5.43. The number of hydrogen-bond donors (Lipinski definition) is 2. The average Bonchev–Trinajstić information content (AvgIpc) is 3.66. The number of likely N-dealkylation sites (tertiary alicyclic amines) is 1. The fourth-order valence-electron chi connectivity index (χ4n) is 6.13. The third-order valence-electron chi connectivity index (χ3n) is 8.09. The molecular formula is C27H34IN5O7S2. The Morgan fingerprint density at radius 2 is 2.10 bits per heavy atom. The molecule has 0 aromatic carbocycles. The summed E-state index contributed by atoms with van der Waals surface area (Å²) in [5.41, 5.74) is -0.0809. The second-order valence-corrected chi connectivity index (χ2v) is 13.0. The van der Waals surface area contributed by atoms with Gasteiger partial charge in [0.1, 0.15) is 37.3 Å². The molecule has 0 unspecified atom stereocenters. The van der Waals surface area contributed by atoms with Gasteiger partial charge in [0.15, 0.2) is 0 Å². The van der Waals surface area contributed by atoms with Gasteiger partial charge >= 0.3 is 12.1 Å². The van der Waals surface area contributed by atoms with Crippen molar-refractivity contribution in [3.63, 3.8) is 0 Å². The second kappa shape index (κ2) is 12.5. The molecule has 5 rings (SSSR count). The van der Waals surface area contributed by atoms with Crippen molar-refractivity contribution in [3.8, 4) is 0 Å². The summed E-state index contributed by atoms with van der Waals surface area (Å²) in [5.74, 6) is -1.96. The van der Waals surface area contributed by atoms with Gasteiger partial charge < -0.3 is 48.7 Å². The first-order valence-corrected chi connectivity index (χ1v) is 15.1. The van der Waals surface area contributed by atoms with Crippen LogP contribution in [0.2, 0.25) is 0 Å². The van der Waals surface area contributed by atoms with E-state index in [4.69, 9.17) is 4.74 Å². The normalized spacial score (nSPS) is 25.6. The quantitative estimate of drug-likeness (QED) is 0.137. The lowest BCUT2D eigenvalue weighted by molar-refractivity contribution is -0.678. The standard InChI is InChI=1S/C27H33N5O7S2.HI/c1-6-8-39-27(38)31-11-16(41-23-14(2)21-20(15(3)33)25(35)32(21)22(23)26(36)37)10-17(31)24(34)29(5)12-18-28(4)13-19-30(18)7-9-40-19;/h6-7,9,13-17,20-21,33H,1,8,10-12H2,2-5H3;1H/t14-,15-,16+,17+,20-,21-;/m1./s1. The predicted octanol–water partition coefficient (Wildman–Crippen LogP) is -1.56. The summed E-state index contributed by atoms with van der Waals surface area (Å²) in [6.45, 7) is 7.44. The third-order valence-corrected chi connectivity index (χ3v) is 10.4. The highest BCUT2D eigenvalue weighted by Crippen LogP contribution is 2.52. The Morgan fingerprint density at radius 1 is 1.38 bits per heavy atom. The Kier molecular flexibility index (Phi) is 9.64. The number of hydrogen-bond acceptors (Lipinski definition) is 8. The number of carbonyl (C=O) groups excluding carboxylic acids is 3. The van der Waals surface area contributed by atoms with Gasteiger partial charge in [0.05, 0.1) is 25.1 Å². The molecule has 3 aliphatic rings. The number of likely N-dealkylation sites (N-methyl/N-ethyl adjacent to an activating group) is 1. The molecule has 3 aliphatic heterocycles. The lowest BCUT2D eigenvalue weighted by atomic mass is 9.79. The van der Waals surface area contributed by atoms with E-state index in [-0.39, 0.29) is 66.3 Å². The molecule has 12 nitrogen and oxygen atoms in total. The van der Waals surface area contributed by atoms with Crippen LogP contribution in [0.4, 0.5) is 4.79 Å². The molecule has 0 bridgehead atoms. The van der Waals surface area contributed by atoms with Crippen molar-refractivity contribution in [1.29, 1.82) is 0 Å². The minimum Gasteiger partial charge on any atom is -1.00 e.